The Balaban J connectivity index is 2.41. The molecule has 1 amide bonds. The van der Waals surface area contributed by atoms with Gasteiger partial charge in [-0.1, -0.05) is 21.0 Å². The molecular weight excluding hydrogens is 411 g/mol. The van der Waals surface area contributed by atoms with Gasteiger partial charge in [0, 0.05) is 26.0 Å². The molecule has 0 saturated heterocycles. The number of hydrogen-bond donors (Lipinski definition) is 1. The number of hydrogen-bond acceptors (Lipinski definition) is 2. The Labute approximate surface area is 127 Å². The van der Waals surface area contributed by atoms with E-state index in [-0.39, 0.29) is 5.91 Å². The molecular formula is C11H12BrIN4O. The van der Waals surface area contributed by atoms with Crippen LogP contribution < -0.4 is 5.32 Å². The Bertz CT molecular complexity index is 474. The second-order valence-corrected chi connectivity index (χ2v) is 5.62. The molecule has 0 aliphatic rings. The second kappa shape index (κ2) is 8.34. The van der Waals surface area contributed by atoms with E-state index in [0.717, 1.165) is 20.9 Å². The molecule has 0 bridgehead atoms. The molecule has 0 aliphatic heterocycles. The van der Waals surface area contributed by atoms with E-state index in [1.165, 1.54) is 0 Å². The number of carbonyl (C=O) groups excluding carboxylic acids is 1. The highest BCUT2D eigenvalue weighted by Crippen LogP contribution is 2.18. The van der Waals surface area contributed by atoms with Gasteiger partial charge in [-0.3, -0.25) is 4.79 Å². The third kappa shape index (κ3) is 5.24. The molecule has 18 heavy (non-hydrogen) atoms. The van der Waals surface area contributed by atoms with Crippen molar-refractivity contribution in [3.63, 3.8) is 0 Å². The molecule has 0 spiro atoms. The van der Waals surface area contributed by atoms with Gasteiger partial charge in [0.2, 0.25) is 0 Å². The highest BCUT2D eigenvalue weighted by molar-refractivity contribution is 14.1. The van der Waals surface area contributed by atoms with Crippen LogP contribution in [-0.4, -0.2) is 19.0 Å². The zero-order chi connectivity index (χ0) is 13.4. The van der Waals surface area contributed by atoms with Crippen LogP contribution >= 0.6 is 38.5 Å². The van der Waals surface area contributed by atoms with Crippen LogP contribution in [-0.2, 0) is 0 Å². The van der Waals surface area contributed by atoms with Gasteiger partial charge in [-0.25, -0.2) is 0 Å². The third-order valence-corrected chi connectivity index (χ3v) is 3.64. The Morgan fingerprint density at radius 2 is 2.28 bits per heavy atom. The quantitative estimate of drug-likeness (QED) is 0.244. The molecule has 0 saturated carbocycles. The van der Waals surface area contributed by atoms with Crippen LogP contribution in [0.3, 0.4) is 0 Å². The molecule has 0 heterocycles. The van der Waals surface area contributed by atoms with Gasteiger partial charge in [-0.2, -0.15) is 0 Å². The molecule has 0 fully saturated rings. The van der Waals surface area contributed by atoms with Crippen molar-refractivity contribution in [2.45, 2.75) is 12.8 Å². The number of nitrogens with zero attached hydrogens (tertiary/aromatic N) is 3. The van der Waals surface area contributed by atoms with E-state index in [1.807, 2.05) is 12.1 Å². The van der Waals surface area contributed by atoms with E-state index < -0.39 is 0 Å². The number of rotatable bonds is 6. The summed E-state index contributed by atoms with van der Waals surface area (Å²) in [6.45, 7) is 1.06. The first kappa shape index (κ1) is 15.3. The fraction of sp³-hybridized carbons (Fsp3) is 0.364. The first-order chi connectivity index (χ1) is 8.65. The summed E-state index contributed by atoms with van der Waals surface area (Å²) in [4.78, 5) is 14.6. The molecule has 7 heteroatoms. The molecule has 0 aliphatic carbocycles. The minimum atomic E-state index is -0.0792. The Morgan fingerprint density at radius 3 is 3.00 bits per heavy atom. The number of unbranched alkanes of at least 4 members (excludes halogenated alkanes) is 1. The van der Waals surface area contributed by atoms with E-state index in [9.17, 15) is 4.79 Å². The van der Waals surface area contributed by atoms with Crippen molar-refractivity contribution in [2.75, 3.05) is 13.1 Å². The summed E-state index contributed by atoms with van der Waals surface area (Å²) in [5.74, 6) is -0.0792. The number of carbonyl (C=O) groups is 1. The van der Waals surface area contributed by atoms with E-state index in [4.69, 9.17) is 5.53 Å². The highest BCUT2D eigenvalue weighted by Gasteiger charge is 2.09. The number of benzene rings is 1. The molecule has 0 aromatic heterocycles. The minimum Gasteiger partial charge on any atom is -0.352 e. The van der Waals surface area contributed by atoms with E-state index in [0.29, 0.717) is 18.7 Å². The number of nitrogens with one attached hydrogen (secondary N) is 1. The topological polar surface area (TPSA) is 77.9 Å². The maximum absolute atomic E-state index is 11.9. The summed E-state index contributed by atoms with van der Waals surface area (Å²) in [6.07, 6.45) is 1.58. The molecule has 96 valence electrons. The summed E-state index contributed by atoms with van der Waals surface area (Å²) >= 11 is 5.48. The first-order valence-electron chi connectivity index (χ1n) is 5.39. The van der Waals surface area contributed by atoms with Gasteiger partial charge in [0.05, 0.1) is 5.56 Å². The maximum Gasteiger partial charge on any atom is 0.252 e. The second-order valence-electron chi connectivity index (χ2n) is 3.54. The van der Waals surface area contributed by atoms with Crippen LogP contribution in [0.1, 0.15) is 23.2 Å². The monoisotopic (exact) mass is 422 g/mol. The van der Waals surface area contributed by atoms with Gasteiger partial charge in [-0.05, 0) is 59.2 Å². The summed E-state index contributed by atoms with van der Waals surface area (Å²) < 4.78 is 1.80. The molecule has 1 N–H and O–H groups in total. The van der Waals surface area contributed by atoms with Crippen molar-refractivity contribution in [3.05, 3.63) is 42.2 Å². The summed E-state index contributed by atoms with van der Waals surface area (Å²) in [5, 5.41) is 6.28. The van der Waals surface area contributed by atoms with E-state index in [1.54, 1.807) is 6.07 Å². The van der Waals surface area contributed by atoms with Crippen LogP contribution in [0.2, 0.25) is 0 Å². The zero-order valence-electron chi connectivity index (χ0n) is 9.57. The van der Waals surface area contributed by atoms with Gasteiger partial charge in [-0.15, -0.1) is 0 Å². The van der Waals surface area contributed by atoms with Gasteiger partial charge in [0.25, 0.3) is 5.91 Å². The normalized spacial score (nSPS) is 9.67. The Hall–Kier alpha value is -0.790. The largest absolute Gasteiger partial charge is 0.352 e. The molecule has 0 atom stereocenters. The van der Waals surface area contributed by atoms with Crippen molar-refractivity contribution in [1.82, 2.24) is 5.32 Å². The van der Waals surface area contributed by atoms with Crippen molar-refractivity contribution in [3.8, 4) is 0 Å². The average Bonchev–Trinajstić information content (AvgIpc) is 2.36. The molecule has 1 aromatic carbocycles. The third-order valence-electron chi connectivity index (χ3n) is 2.21. The first-order valence-corrected chi connectivity index (χ1v) is 7.26. The number of halogens is 2. The fourth-order valence-corrected chi connectivity index (χ4v) is 2.26. The van der Waals surface area contributed by atoms with Crippen LogP contribution in [0.15, 0.2) is 27.8 Å². The fourth-order valence-electron chi connectivity index (χ4n) is 1.32. The van der Waals surface area contributed by atoms with Gasteiger partial charge < -0.3 is 5.32 Å². The lowest BCUT2D eigenvalue weighted by molar-refractivity contribution is 0.0952. The van der Waals surface area contributed by atoms with Crippen LogP contribution in [0.25, 0.3) is 10.4 Å². The Kier molecular flexibility index (Phi) is 7.07. The van der Waals surface area contributed by atoms with E-state index in [2.05, 4.69) is 53.9 Å². The number of azide groups is 1. The average molecular weight is 423 g/mol. The standard InChI is InChI=1S/C11H12BrIN4O/c12-8-3-4-10(13)9(7-8)11(18)15-5-1-2-6-16-17-14/h3-4,7H,1-2,5-6H2,(H,15,18). The highest BCUT2D eigenvalue weighted by atomic mass is 127. The van der Waals surface area contributed by atoms with Crippen molar-refractivity contribution in [2.24, 2.45) is 5.11 Å². The van der Waals surface area contributed by atoms with Crippen molar-refractivity contribution >= 4 is 44.4 Å². The summed E-state index contributed by atoms with van der Waals surface area (Å²) in [5.41, 5.74) is 8.77. The van der Waals surface area contributed by atoms with Gasteiger partial charge in [0.15, 0.2) is 0 Å². The van der Waals surface area contributed by atoms with Crippen LogP contribution in [0.4, 0.5) is 0 Å². The Morgan fingerprint density at radius 1 is 1.50 bits per heavy atom. The molecule has 0 unspecified atom stereocenters. The summed E-state index contributed by atoms with van der Waals surface area (Å²) in [6, 6.07) is 5.59. The zero-order valence-corrected chi connectivity index (χ0v) is 13.3. The molecule has 1 aromatic rings. The smallest absolute Gasteiger partial charge is 0.252 e. The van der Waals surface area contributed by atoms with E-state index >= 15 is 0 Å². The SMILES string of the molecule is [N-]=[N+]=NCCCCNC(=O)c1cc(Br)ccc1I. The van der Waals surface area contributed by atoms with Crippen LogP contribution in [0.5, 0.6) is 0 Å². The van der Waals surface area contributed by atoms with Crippen molar-refractivity contribution < 1.29 is 4.79 Å². The summed E-state index contributed by atoms with van der Waals surface area (Å²) in [7, 11) is 0. The number of amides is 1. The minimum absolute atomic E-state index is 0.0792. The van der Waals surface area contributed by atoms with Crippen LogP contribution in [0, 0.1) is 3.57 Å². The predicted molar refractivity (Wildman–Crippen MR) is 82.4 cm³/mol. The van der Waals surface area contributed by atoms with Crippen molar-refractivity contribution in [1.29, 1.82) is 0 Å². The van der Waals surface area contributed by atoms with Gasteiger partial charge >= 0.3 is 0 Å². The molecule has 0 radical (unpaired) electrons. The molecule has 1 rings (SSSR count). The molecule has 5 nitrogen and oxygen atoms in total. The maximum atomic E-state index is 11.9. The predicted octanol–water partition coefficient (Wildman–Crippen LogP) is 3.87. The van der Waals surface area contributed by atoms with Gasteiger partial charge in [0.1, 0.15) is 0 Å². The lowest BCUT2D eigenvalue weighted by Gasteiger charge is -2.06. The lowest BCUT2D eigenvalue weighted by Crippen LogP contribution is -2.25. The lowest BCUT2D eigenvalue weighted by atomic mass is 10.2.